The summed E-state index contributed by atoms with van der Waals surface area (Å²) in [5.41, 5.74) is 7.77. The standard InChI is InChI=1S/C24H24N6O2/c31-23(17-10-16(17)14-2-1-5-26-11-14)28-15-8-18-21-19(12-27-30-24(18)32)22(29-20(21)9-15)13-3-6-25-7-4-13/h1-2,5,8-9,11-13,16-17,25,29H,3-4,6-7,10H2,(H,28,31)(H,30,32). The highest BCUT2D eigenvalue weighted by Crippen LogP contribution is 2.48. The van der Waals surface area contributed by atoms with E-state index >= 15 is 0 Å². The van der Waals surface area contributed by atoms with Gasteiger partial charge >= 0.3 is 0 Å². The number of aromatic amines is 1. The molecule has 4 heterocycles. The maximum absolute atomic E-state index is 12.9. The Balaban J connectivity index is 1.32. The van der Waals surface area contributed by atoms with Gasteiger partial charge in [-0.1, -0.05) is 6.07 Å². The van der Waals surface area contributed by atoms with Gasteiger partial charge in [-0.15, -0.1) is 0 Å². The number of pyridine rings is 1. The van der Waals surface area contributed by atoms with E-state index in [-0.39, 0.29) is 23.7 Å². The van der Waals surface area contributed by atoms with Crippen molar-refractivity contribution in [3.63, 3.8) is 0 Å². The summed E-state index contributed by atoms with van der Waals surface area (Å²) in [4.78, 5) is 33.3. The van der Waals surface area contributed by atoms with Crippen LogP contribution in [0.2, 0.25) is 0 Å². The fourth-order valence-electron chi connectivity index (χ4n) is 5.09. The zero-order valence-electron chi connectivity index (χ0n) is 17.5. The van der Waals surface area contributed by atoms with Gasteiger partial charge < -0.3 is 15.6 Å². The van der Waals surface area contributed by atoms with Crippen LogP contribution in [-0.4, -0.2) is 41.1 Å². The number of carbonyl (C=O) groups is 2. The van der Waals surface area contributed by atoms with Gasteiger partial charge in [0.2, 0.25) is 5.91 Å². The Morgan fingerprint density at radius 3 is 2.88 bits per heavy atom. The SMILES string of the molecule is O=C1NN=Cc2c(C3CCNCC3)[nH]c3cc(NC(=O)C4CC4c4cccnc4)cc1c23. The molecule has 1 aromatic carbocycles. The highest BCUT2D eigenvalue weighted by molar-refractivity contribution is 6.16. The third-order valence-corrected chi connectivity index (χ3v) is 6.83. The zero-order valence-corrected chi connectivity index (χ0v) is 17.5. The number of anilines is 1. The van der Waals surface area contributed by atoms with E-state index in [1.807, 2.05) is 24.4 Å². The maximum atomic E-state index is 12.9. The van der Waals surface area contributed by atoms with Gasteiger partial charge in [0.25, 0.3) is 5.91 Å². The monoisotopic (exact) mass is 428 g/mol. The van der Waals surface area contributed by atoms with Crippen LogP contribution in [0.15, 0.2) is 41.8 Å². The largest absolute Gasteiger partial charge is 0.358 e. The van der Waals surface area contributed by atoms with Crippen molar-refractivity contribution in [2.75, 3.05) is 18.4 Å². The fourth-order valence-corrected chi connectivity index (χ4v) is 5.09. The zero-order chi connectivity index (χ0) is 21.7. The molecular formula is C24H24N6O2. The van der Waals surface area contributed by atoms with E-state index in [4.69, 9.17) is 0 Å². The van der Waals surface area contributed by atoms with E-state index in [0.29, 0.717) is 17.2 Å². The topological polar surface area (TPSA) is 111 Å². The fraction of sp³-hybridized carbons (Fsp3) is 0.333. The van der Waals surface area contributed by atoms with Crippen molar-refractivity contribution < 1.29 is 9.59 Å². The van der Waals surface area contributed by atoms with Gasteiger partial charge in [-0.2, -0.15) is 5.10 Å². The van der Waals surface area contributed by atoms with E-state index in [1.54, 1.807) is 18.5 Å². The molecule has 4 N–H and O–H groups in total. The number of rotatable bonds is 4. The summed E-state index contributed by atoms with van der Waals surface area (Å²) in [6.45, 7) is 1.95. The van der Waals surface area contributed by atoms with Gasteiger partial charge in [0.05, 0.1) is 11.8 Å². The summed E-state index contributed by atoms with van der Waals surface area (Å²) in [7, 11) is 0. The van der Waals surface area contributed by atoms with Crippen LogP contribution in [0, 0.1) is 5.92 Å². The normalized spacial score (nSPS) is 22.4. The molecule has 2 amide bonds. The van der Waals surface area contributed by atoms with E-state index in [9.17, 15) is 9.59 Å². The number of nitrogens with one attached hydrogen (secondary N) is 4. The first-order chi connectivity index (χ1) is 15.7. The van der Waals surface area contributed by atoms with Crippen molar-refractivity contribution in [2.24, 2.45) is 11.0 Å². The van der Waals surface area contributed by atoms with E-state index in [0.717, 1.165) is 60.1 Å². The Hall–Kier alpha value is -3.52. The Labute approximate surface area is 184 Å². The van der Waals surface area contributed by atoms with Crippen LogP contribution in [0.4, 0.5) is 5.69 Å². The third kappa shape index (κ3) is 3.27. The van der Waals surface area contributed by atoms with Gasteiger partial charge in [-0.05, 0) is 62.0 Å². The predicted molar refractivity (Wildman–Crippen MR) is 122 cm³/mol. The molecule has 8 nitrogen and oxygen atoms in total. The minimum atomic E-state index is -0.267. The minimum Gasteiger partial charge on any atom is -0.358 e. The number of piperidine rings is 1. The summed E-state index contributed by atoms with van der Waals surface area (Å²) < 4.78 is 0. The van der Waals surface area contributed by atoms with Crippen LogP contribution >= 0.6 is 0 Å². The van der Waals surface area contributed by atoms with Crippen LogP contribution in [0.5, 0.6) is 0 Å². The lowest BCUT2D eigenvalue weighted by atomic mass is 9.91. The molecule has 3 aliphatic rings. The number of carbonyl (C=O) groups excluding carboxylic acids is 2. The second kappa shape index (κ2) is 7.56. The Morgan fingerprint density at radius 1 is 1.19 bits per heavy atom. The molecule has 2 unspecified atom stereocenters. The molecule has 2 fully saturated rings. The molecule has 162 valence electrons. The van der Waals surface area contributed by atoms with Gasteiger partial charge in [0.15, 0.2) is 0 Å². The molecule has 8 heteroatoms. The number of nitrogens with zero attached hydrogens (tertiary/aromatic N) is 2. The number of hydrogen-bond donors (Lipinski definition) is 4. The number of benzene rings is 1. The highest BCUT2D eigenvalue weighted by atomic mass is 16.2. The van der Waals surface area contributed by atoms with Crippen molar-refractivity contribution in [2.45, 2.75) is 31.1 Å². The maximum Gasteiger partial charge on any atom is 0.272 e. The lowest BCUT2D eigenvalue weighted by molar-refractivity contribution is -0.117. The second-order valence-electron chi connectivity index (χ2n) is 8.85. The van der Waals surface area contributed by atoms with Gasteiger partial charge in [-0.25, -0.2) is 5.43 Å². The molecule has 0 radical (unpaired) electrons. The summed E-state index contributed by atoms with van der Waals surface area (Å²) in [5.74, 6) is 0.221. The molecule has 1 aliphatic carbocycles. The molecule has 2 aromatic heterocycles. The lowest BCUT2D eigenvalue weighted by Crippen LogP contribution is -2.27. The van der Waals surface area contributed by atoms with E-state index in [2.05, 4.69) is 31.1 Å². The Bertz CT molecular complexity index is 1240. The third-order valence-electron chi connectivity index (χ3n) is 6.83. The molecule has 3 aromatic rings. The molecule has 0 bridgehead atoms. The van der Waals surface area contributed by atoms with Gasteiger partial charge in [-0.3, -0.25) is 14.6 Å². The van der Waals surface area contributed by atoms with Crippen molar-refractivity contribution in [1.29, 1.82) is 0 Å². The summed E-state index contributed by atoms with van der Waals surface area (Å²) >= 11 is 0. The van der Waals surface area contributed by atoms with Crippen LogP contribution in [0.25, 0.3) is 10.9 Å². The summed E-state index contributed by atoms with van der Waals surface area (Å²) in [6, 6.07) is 7.60. The van der Waals surface area contributed by atoms with Crippen LogP contribution in [-0.2, 0) is 4.79 Å². The lowest BCUT2D eigenvalue weighted by Gasteiger charge is -2.22. The second-order valence-corrected chi connectivity index (χ2v) is 8.85. The summed E-state index contributed by atoms with van der Waals surface area (Å²) in [5, 5.41) is 11.4. The van der Waals surface area contributed by atoms with Crippen molar-refractivity contribution in [3.05, 3.63) is 59.0 Å². The van der Waals surface area contributed by atoms with Crippen LogP contribution in [0.3, 0.4) is 0 Å². The van der Waals surface area contributed by atoms with E-state index < -0.39 is 0 Å². The van der Waals surface area contributed by atoms with Gasteiger partial charge in [0.1, 0.15) is 0 Å². The molecule has 2 atom stereocenters. The average molecular weight is 428 g/mol. The quantitative estimate of drug-likeness (QED) is 0.512. The average Bonchev–Trinajstić information content (AvgIpc) is 3.57. The smallest absolute Gasteiger partial charge is 0.272 e. The number of hydrogen-bond acceptors (Lipinski definition) is 5. The number of hydrazone groups is 1. The number of aromatic nitrogens is 2. The first-order valence-electron chi connectivity index (χ1n) is 11.1. The van der Waals surface area contributed by atoms with Crippen LogP contribution in [0.1, 0.15) is 58.3 Å². The first kappa shape index (κ1) is 19.2. The molecule has 32 heavy (non-hydrogen) atoms. The first-order valence-corrected chi connectivity index (χ1v) is 11.1. The molecule has 1 saturated heterocycles. The molecule has 0 spiro atoms. The van der Waals surface area contributed by atoms with E-state index in [1.165, 1.54) is 0 Å². The Morgan fingerprint density at radius 2 is 2.06 bits per heavy atom. The molecule has 1 saturated carbocycles. The highest BCUT2D eigenvalue weighted by Gasteiger charge is 2.44. The van der Waals surface area contributed by atoms with Crippen molar-refractivity contribution >= 4 is 34.6 Å². The van der Waals surface area contributed by atoms with Crippen molar-refractivity contribution in [3.8, 4) is 0 Å². The Kier molecular flexibility index (Phi) is 4.53. The number of H-pyrrole nitrogens is 1. The molecule has 6 rings (SSSR count). The molecular weight excluding hydrogens is 404 g/mol. The van der Waals surface area contributed by atoms with Gasteiger partial charge in [0, 0.05) is 52.1 Å². The van der Waals surface area contributed by atoms with Crippen LogP contribution < -0.4 is 16.1 Å². The minimum absolute atomic E-state index is 0.0268. The predicted octanol–water partition coefficient (Wildman–Crippen LogP) is 2.85. The van der Waals surface area contributed by atoms with Crippen molar-refractivity contribution in [1.82, 2.24) is 20.7 Å². The number of amides is 2. The summed E-state index contributed by atoms with van der Waals surface area (Å²) in [6.07, 6.45) is 8.18. The molecule has 2 aliphatic heterocycles.